The first-order chi connectivity index (χ1) is 8.22. The van der Waals surface area contributed by atoms with Crippen molar-refractivity contribution in [2.75, 3.05) is 6.54 Å². The van der Waals surface area contributed by atoms with Crippen LogP contribution in [0.3, 0.4) is 0 Å². The second kappa shape index (κ2) is 5.06. The van der Waals surface area contributed by atoms with Gasteiger partial charge < -0.3 is 5.73 Å². The van der Waals surface area contributed by atoms with Gasteiger partial charge in [0.2, 0.25) is 0 Å². The zero-order chi connectivity index (χ0) is 12.3. The zero-order valence-corrected chi connectivity index (χ0v) is 10.2. The van der Waals surface area contributed by atoms with E-state index in [4.69, 9.17) is 5.73 Å². The molecule has 2 N–H and O–H groups in total. The molecule has 3 nitrogen and oxygen atoms in total. The summed E-state index contributed by atoms with van der Waals surface area (Å²) in [6, 6.07) is 8.22. The third kappa shape index (κ3) is 2.50. The second-order valence-electron chi connectivity index (χ2n) is 4.26. The Kier molecular flexibility index (Phi) is 3.49. The van der Waals surface area contributed by atoms with Gasteiger partial charge in [0.1, 0.15) is 5.82 Å². The van der Waals surface area contributed by atoms with Crippen LogP contribution in [0.4, 0.5) is 0 Å². The van der Waals surface area contributed by atoms with E-state index in [1.807, 2.05) is 6.07 Å². The molecule has 0 bridgehead atoms. The molecule has 0 aliphatic rings. The van der Waals surface area contributed by atoms with Gasteiger partial charge in [0.15, 0.2) is 0 Å². The van der Waals surface area contributed by atoms with Crippen molar-refractivity contribution in [2.24, 2.45) is 5.73 Å². The lowest BCUT2D eigenvalue weighted by molar-refractivity contribution is 0.744. The van der Waals surface area contributed by atoms with Crippen LogP contribution in [0.1, 0.15) is 28.4 Å². The lowest BCUT2D eigenvalue weighted by Gasteiger charge is -2.16. The van der Waals surface area contributed by atoms with E-state index in [1.54, 1.807) is 12.4 Å². The van der Waals surface area contributed by atoms with Crippen LogP contribution >= 0.6 is 0 Å². The number of nitrogens with zero attached hydrogens (tertiary/aromatic N) is 2. The van der Waals surface area contributed by atoms with Gasteiger partial charge in [-0.15, -0.1) is 0 Å². The highest BCUT2D eigenvalue weighted by Gasteiger charge is 2.16. The Bertz CT molecular complexity index is 494. The van der Waals surface area contributed by atoms with Crippen molar-refractivity contribution < 1.29 is 0 Å². The zero-order valence-electron chi connectivity index (χ0n) is 10.2. The second-order valence-corrected chi connectivity index (χ2v) is 4.26. The van der Waals surface area contributed by atoms with Gasteiger partial charge in [-0.05, 0) is 31.0 Å². The summed E-state index contributed by atoms with van der Waals surface area (Å²) >= 11 is 0. The summed E-state index contributed by atoms with van der Waals surface area (Å²) in [6.07, 6.45) is 3.52. The van der Waals surface area contributed by atoms with Crippen molar-refractivity contribution in [2.45, 2.75) is 19.8 Å². The first-order valence-corrected chi connectivity index (χ1v) is 5.76. The maximum atomic E-state index is 5.88. The number of nitrogens with two attached hydrogens (primary N) is 1. The molecule has 0 fully saturated rings. The summed E-state index contributed by atoms with van der Waals surface area (Å²) in [5, 5.41) is 0. The van der Waals surface area contributed by atoms with E-state index in [-0.39, 0.29) is 5.92 Å². The molecule has 17 heavy (non-hydrogen) atoms. The molecule has 0 radical (unpaired) electrons. The Morgan fingerprint density at radius 2 is 1.88 bits per heavy atom. The SMILES string of the molecule is Cc1ccc(C)c(C(CN)c2ncccn2)c1. The largest absolute Gasteiger partial charge is 0.329 e. The number of benzene rings is 1. The predicted octanol–water partition coefficient (Wildman–Crippen LogP) is 2.18. The molecule has 2 aromatic rings. The van der Waals surface area contributed by atoms with Gasteiger partial charge in [0.05, 0.1) is 5.92 Å². The highest BCUT2D eigenvalue weighted by molar-refractivity contribution is 5.36. The first-order valence-electron chi connectivity index (χ1n) is 5.76. The standard InChI is InChI=1S/C14H17N3/c1-10-4-5-11(2)12(8-10)13(9-15)14-16-6-3-7-17-14/h3-8,13H,9,15H2,1-2H3. The molecule has 2 rings (SSSR count). The fourth-order valence-corrected chi connectivity index (χ4v) is 2.00. The van der Waals surface area contributed by atoms with Crippen LogP contribution in [-0.4, -0.2) is 16.5 Å². The minimum atomic E-state index is 0.0797. The van der Waals surface area contributed by atoms with E-state index in [0.717, 1.165) is 5.82 Å². The van der Waals surface area contributed by atoms with E-state index in [9.17, 15) is 0 Å². The maximum Gasteiger partial charge on any atom is 0.136 e. The molecule has 0 aliphatic heterocycles. The van der Waals surface area contributed by atoms with Crippen molar-refractivity contribution in [3.63, 3.8) is 0 Å². The fourth-order valence-electron chi connectivity index (χ4n) is 2.00. The van der Waals surface area contributed by atoms with Crippen molar-refractivity contribution >= 4 is 0 Å². The molecular weight excluding hydrogens is 210 g/mol. The fraction of sp³-hybridized carbons (Fsp3) is 0.286. The Hall–Kier alpha value is -1.74. The van der Waals surface area contributed by atoms with Crippen LogP contribution < -0.4 is 5.73 Å². The van der Waals surface area contributed by atoms with E-state index in [0.29, 0.717) is 6.54 Å². The molecule has 0 saturated carbocycles. The lowest BCUT2D eigenvalue weighted by atomic mass is 9.92. The summed E-state index contributed by atoms with van der Waals surface area (Å²) in [7, 11) is 0. The Morgan fingerprint density at radius 3 is 2.53 bits per heavy atom. The van der Waals surface area contributed by atoms with Crippen LogP contribution in [0.25, 0.3) is 0 Å². The molecule has 3 heteroatoms. The van der Waals surface area contributed by atoms with Gasteiger partial charge in [-0.2, -0.15) is 0 Å². The van der Waals surface area contributed by atoms with Gasteiger partial charge >= 0.3 is 0 Å². The average molecular weight is 227 g/mol. The minimum Gasteiger partial charge on any atom is -0.329 e. The highest BCUT2D eigenvalue weighted by atomic mass is 14.9. The Balaban J connectivity index is 2.46. The summed E-state index contributed by atoms with van der Waals surface area (Å²) < 4.78 is 0. The smallest absolute Gasteiger partial charge is 0.136 e. The first kappa shape index (κ1) is 11.7. The van der Waals surface area contributed by atoms with Crippen LogP contribution in [-0.2, 0) is 0 Å². The van der Waals surface area contributed by atoms with Crippen LogP contribution in [0.2, 0.25) is 0 Å². The van der Waals surface area contributed by atoms with Gasteiger partial charge in [-0.25, -0.2) is 9.97 Å². The topological polar surface area (TPSA) is 51.8 Å². The molecule has 0 spiro atoms. The molecule has 88 valence electrons. The molecule has 0 aliphatic carbocycles. The van der Waals surface area contributed by atoms with E-state index in [1.165, 1.54) is 16.7 Å². The van der Waals surface area contributed by atoms with Crippen LogP contribution in [0, 0.1) is 13.8 Å². The van der Waals surface area contributed by atoms with Gasteiger partial charge in [0, 0.05) is 18.9 Å². The third-order valence-corrected chi connectivity index (χ3v) is 2.94. The van der Waals surface area contributed by atoms with Crippen molar-refractivity contribution in [3.8, 4) is 0 Å². The molecule has 1 aromatic heterocycles. The number of hydrogen-bond donors (Lipinski definition) is 1. The van der Waals surface area contributed by atoms with Crippen LogP contribution in [0.5, 0.6) is 0 Å². The molecule has 1 heterocycles. The van der Waals surface area contributed by atoms with Gasteiger partial charge in [-0.3, -0.25) is 0 Å². The van der Waals surface area contributed by atoms with Crippen molar-refractivity contribution in [1.29, 1.82) is 0 Å². The van der Waals surface area contributed by atoms with Gasteiger partial charge in [-0.1, -0.05) is 23.8 Å². The van der Waals surface area contributed by atoms with E-state index >= 15 is 0 Å². The predicted molar refractivity (Wildman–Crippen MR) is 68.8 cm³/mol. The monoisotopic (exact) mass is 227 g/mol. The normalized spacial score (nSPS) is 12.4. The van der Waals surface area contributed by atoms with Gasteiger partial charge in [0.25, 0.3) is 0 Å². The third-order valence-electron chi connectivity index (χ3n) is 2.94. The number of aromatic nitrogens is 2. The molecule has 0 saturated heterocycles. The molecule has 0 amide bonds. The summed E-state index contributed by atoms with van der Waals surface area (Å²) in [6.45, 7) is 4.71. The number of aryl methyl sites for hydroxylation is 2. The Labute approximate surface area is 102 Å². The molecule has 1 unspecified atom stereocenters. The minimum absolute atomic E-state index is 0.0797. The molecule has 1 atom stereocenters. The highest BCUT2D eigenvalue weighted by Crippen LogP contribution is 2.24. The summed E-state index contributed by atoms with van der Waals surface area (Å²) in [5.41, 5.74) is 9.57. The average Bonchev–Trinajstić information content (AvgIpc) is 2.36. The number of rotatable bonds is 3. The van der Waals surface area contributed by atoms with Crippen molar-refractivity contribution in [1.82, 2.24) is 9.97 Å². The van der Waals surface area contributed by atoms with Crippen LogP contribution in [0.15, 0.2) is 36.7 Å². The molecular formula is C14H17N3. The number of hydrogen-bond acceptors (Lipinski definition) is 3. The van der Waals surface area contributed by atoms with E-state index < -0.39 is 0 Å². The maximum absolute atomic E-state index is 5.88. The van der Waals surface area contributed by atoms with Crippen molar-refractivity contribution in [3.05, 3.63) is 59.2 Å². The lowest BCUT2D eigenvalue weighted by Crippen LogP contribution is -2.17. The Morgan fingerprint density at radius 1 is 1.18 bits per heavy atom. The molecule has 1 aromatic carbocycles. The summed E-state index contributed by atoms with van der Waals surface area (Å²) in [4.78, 5) is 8.61. The van der Waals surface area contributed by atoms with E-state index in [2.05, 4.69) is 42.0 Å². The summed E-state index contributed by atoms with van der Waals surface area (Å²) in [5.74, 6) is 0.875. The quantitative estimate of drug-likeness (QED) is 0.874.